The smallest absolute Gasteiger partial charge is 0.265 e. The molecule has 0 aliphatic heterocycles. The minimum Gasteiger partial charge on any atom is -0.305 e. The van der Waals surface area contributed by atoms with Crippen molar-refractivity contribution in [1.29, 1.82) is 0 Å². The number of hydrogen-bond acceptors (Lipinski definition) is 4. The Morgan fingerprint density at radius 2 is 0.476 bits per heavy atom. The molecule has 386 valence electrons. The molecule has 0 aliphatic carbocycles. The Labute approximate surface area is 486 Å². The first-order chi connectivity index (χ1) is 41.7. The van der Waals surface area contributed by atoms with Crippen LogP contribution in [0.4, 0.5) is 0 Å². The first-order valence-corrected chi connectivity index (χ1v) is 29.0. The average molecular weight is 1060 g/mol. The second-order valence-corrected chi connectivity index (χ2v) is 22.4. The van der Waals surface area contributed by atoms with E-state index in [0.29, 0.717) is 0 Å². The molecule has 0 amide bonds. The fourth-order valence-corrected chi connectivity index (χ4v) is 14.1. The maximum absolute atomic E-state index is 5.90. The van der Waals surface area contributed by atoms with Gasteiger partial charge < -0.3 is 8.80 Å². The van der Waals surface area contributed by atoms with Crippen molar-refractivity contribution >= 4 is 169 Å². The van der Waals surface area contributed by atoms with Gasteiger partial charge in [-0.25, -0.2) is 0 Å². The van der Waals surface area contributed by atoms with Crippen LogP contribution >= 0.6 is 0 Å². The van der Waals surface area contributed by atoms with Crippen LogP contribution in [0.3, 0.4) is 0 Å². The number of aromatic nitrogens is 6. The molecular weight excluding hydrogens is 1020 g/mol. The zero-order chi connectivity index (χ0) is 55.2. The third-order valence-corrected chi connectivity index (χ3v) is 17.7. The number of hydrogen-bond donors (Lipinski definition) is 0. The Hall–Kier alpha value is -10.6. The normalized spacial score (nSPS) is 11.8. The van der Waals surface area contributed by atoms with Crippen LogP contribution in [0.25, 0.3) is 76.5 Å². The maximum atomic E-state index is 5.90. The predicted octanol–water partition coefficient (Wildman–Crippen LogP) is 7.63. The molecule has 0 bridgehead atoms. The Kier molecular flexibility index (Phi) is 11.2. The van der Waals surface area contributed by atoms with E-state index in [1.807, 2.05) is 0 Å². The van der Waals surface area contributed by atoms with Gasteiger partial charge in [-0.05, 0) is 36.4 Å². The summed E-state index contributed by atoms with van der Waals surface area (Å²) < 4.78 is 4.88. The second-order valence-electron chi connectivity index (χ2n) is 22.4. The topological polar surface area (TPSA) is 60.4 Å². The van der Waals surface area contributed by atoms with E-state index in [1.165, 1.54) is 43.7 Å². The second kappa shape index (κ2) is 19.6. The summed E-state index contributed by atoms with van der Waals surface area (Å²) >= 11 is 0. The number of rotatable bonds is 12. The zero-order valence-electron chi connectivity index (χ0n) is 45.7. The molecule has 0 atom stereocenters. The van der Waals surface area contributed by atoms with E-state index < -0.39 is 0 Å². The van der Waals surface area contributed by atoms with Gasteiger partial charge in [0.15, 0.2) is 0 Å². The van der Waals surface area contributed by atoms with E-state index in [9.17, 15) is 0 Å². The molecule has 0 spiro atoms. The Bertz CT molecular complexity index is 4760. The average Bonchev–Trinajstić information content (AvgIpc) is 1.85. The molecule has 10 heteroatoms. The van der Waals surface area contributed by atoms with Crippen molar-refractivity contribution in [2.24, 2.45) is 0 Å². The van der Waals surface area contributed by atoms with Gasteiger partial charge in [-0.1, -0.05) is 286 Å². The summed E-state index contributed by atoms with van der Waals surface area (Å²) in [7, 11) is 0. The van der Waals surface area contributed by atoms with E-state index in [0.717, 1.165) is 98.8 Å². The summed E-state index contributed by atoms with van der Waals surface area (Å²) in [6.07, 6.45) is 4.23. The van der Waals surface area contributed by atoms with E-state index in [1.54, 1.807) is 0 Å². The quantitative estimate of drug-likeness (QED) is 0.118. The third-order valence-electron chi connectivity index (χ3n) is 17.7. The van der Waals surface area contributed by atoms with Gasteiger partial charge in [-0.15, -0.1) is 0 Å². The van der Waals surface area contributed by atoms with Crippen molar-refractivity contribution in [3.63, 3.8) is 0 Å². The lowest BCUT2D eigenvalue weighted by atomic mass is 9.38. The van der Waals surface area contributed by atoms with E-state index >= 15 is 0 Å². The molecule has 0 fully saturated rings. The van der Waals surface area contributed by atoms with Gasteiger partial charge in [-0.3, -0.25) is 19.9 Å². The maximum Gasteiger partial charge on any atom is 0.265 e. The Balaban J connectivity index is 0.985. The fraction of sp³-hybridized carbons (Fsp3) is 0. The highest BCUT2D eigenvalue weighted by atomic mass is 15.0. The highest BCUT2D eigenvalue weighted by molar-refractivity contribution is 6.97. The molecule has 8 heterocycles. The Morgan fingerprint density at radius 3 is 0.750 bits per heavy atom. The van der Waals surface area contributed by atoms with Crippen LogP contribution in [-0.2, 0) is 0 Å². The first-order valence-electron chi connectivity index (χ1n) is 29.0. The van der Waals surface area contributed by atoms with Crippen molar-refractivity contribution in [3.8, 4) is 0 Å². The molecule has 6 nitrogen and oxygen atoms in total. The van der Waals surface area contributed by atoms with E-state index in [2.05, 4.69) is 300 Å². The van der Waals surface area contributed by atoms with Crippen LogP contribution < -0.4 is 66.1 Å². The van der Waals surface area contributed by atoms with Crippen molar-refractivity contribution < 1.29 is 0 Å². The number of fused-ring (bicyclic) bond motifs is 12. The van der Waals surface area contributed by atoms with Crippen LogP contribution in [0.2, 0.25) is 0 Å². The van der Waals surface area contributed by atoms with Crippen LogP contribution in [-0.4, -0.2) is 55.6 Å². The monoisotopic (exact) mass is 1060 g/mol. The first kappa shape index (κ1) is 48.2. The fourth-order valence-electron chi connectivity index (χ4n) is 14.1. The highest BCUT2D eigenvalue weighted by Gasteiger charge is 2.33. The van der Waals surface area contributed by atoms with Gasteiger partial charge in [0.05, 0.1) is 56.5 Å². The number of benzene rings is 9. The van der Waals surface area contributed by atoms with Crippen LogP contribution in [0, 0.1) is 0 Å². The summed E-state index contributed by atoms with van der Waals surface area (Å²) in [6.45, 7) is -0.425. The minimum atomic E-state index is -0.133. The lowest BCUT2D eigenvalue weighted by Crippen LogP contribution is -2.53. The summed E-state index contributed by atoms with van der Waals surface area (Å²) in [5.74, 6) is 0. The van der Waals surface area contributed by atoms with E-state index in [-0.39, 0.29) is 26.9 Å². The Morgan fingerprint density at radius 1 is 0.226 bits per heavy atom. The number of nitrogens with zero attached hydrogens (tertiary/aromatic N) is 6. The van der Waals surface area contributed by atoms with Gasteiger partial charge in [0, 0.05) is 54.7 Å². The molecular formula is C74H48B4N6. The molecule has 17 aromatic rings. The number of pyridine rings is 4. The van der Waals surface area contributed by atoms with Crippen molar-refractivity contribution in [2.75, 3.05) is 0 Å². The van der Waals surface area contributed by atoms with Crippen molar-refractivity contribution in [1.82, 2.24) is 28.7 Å². The predicted molar refractivity (Wildman–Crippen MR) is 357 cm³/mol. The van der Waals surface area contributed by atoms with E-state index in [4.69, 9.17) is 19.9 Å². The lowest BCUT2D eigenvalue weighted by molar-refractivity contribution is 1.31. The summed E-state index contributed by atoms with van der Waals surface area (Å²) in [6, 6.07) is 101. The standard InChI is InChI=1S/C74H48B4N6/c1-9-25-49(26-10-1)75(50-27-11-2-12-28-50)67-42-57-59-44-69(77(53-33-17-5-18-34-53)54-35-19-6-20-36-54)81-71-61-41-62-64(46-63(61)83(73(59)71)65(57)47-79-67)84-66-48-80-68(76(51-29-13-3-14-30-51)52-31-15-4-16-32-52)43-58(66)60-45-70(82-72(62)74(60)84)78(55-37-21-7-22-38-55)56-39-23-8-24-40-56/h1-48H. The highest BCUT2D eigenvalue weighted by Crippen LogP contribution is 2.43. The molecule has 8 aromatic heterocycles. The third kappa shape index (κ3) is 7.64. The molecule has 0 saturated carbocycles. The summed E-state index contributed by atoms with van der Waals surface area (Å²) in [5, 5.41) is 6.71. The van der Waals surface area contributed by atoms with Crippen molar-refractivity contribution in [2.45, 2.75) is 0 Å². The van der Waals surface area contributed by atoms with Gasteiger partial charge in [0.25, 0.3) is 26.9 Å². The zero-order valence-corrected chi connectivity index (χ0v) is 45.7. The van der Waals surface area contributed by atoms with Crippen LogP contribution in [0.5, 0.6) is 0 Å². The van der Waals surface area contributed by atoms with Crippen LogP contribution in [0.15, 0.2) is 291 Å². The molecule has 0 radical (unpaired) electrons. The van der Waals surface area contributed by atoms with Crippen LogP contribution in [0.1, 0.15) is 0 Å². The lowest BCUT2D eigenvalue weighted by Gasteiger charge is -2.16. The van der Waals surface area contributed by atoms with Gasteiger partial charge >= 0.3 is 0 Å². The molecule has 17 rings (SSSR count). The summed E-state index contributed by atoms with van der Waals surface area (Å²) in [4.78, 5) is 22.7. The molecule has 84 heavy (non-hydrogen) atoms. The van der Waals surface area contributed by atoms with Gasteiger partial charge in [-0.2, -0.15) is 0 Å². The molecule has 0 aliphatic rings. The van der Waals surface area contributed by atoms with Gasteiger partial charge in [0.1, 0.15) is 0 Å². The molecule has 0 unspecified atom stereocenters. The molecule has 0 N–H and O–H groups in total. The summed E-state index contributed by atoms with van der Waals surface area (Å²) in [5.41, 5.74) is 21.8. The SMILES string of the molecule is c1ccc(B(c2ccccc2)c2cc3c4cc(B(c5ccccc5)c5ccccc5)nc5c6cc7c8nc(B(c9ccccc9)c9ccccc9)cc9c%10cc(B(c%11ccccc%11)c%11ccccc%11)ncc%10n(c7cc6n(c3cn2)c45)c98)cc1. The minimum absolute atomic E-state index is 0.0793. The molecule has 9 aromatic carbocycles. The van der Waals surface area contributed by atoms with Gasteiger partial charge in [0.2, 0.25) is 0 Å². The molecule has 0 saturated heterocycles. The van der Waals surface area contributed by atoms with Crippen molar-refractivity contribution in [3.05, 3.63) is 291 Å². The largest absolute Gasteiger partial charge is 0.305 e.